The van der Waals surface area contributed by atoms with Crippen molar-refractivity contribution in [3.63, 3.8) is 0 Å². The third kappa shape index (κ3) is 10.1. The number of carboxylic acid groups (broad SMARTS) is 1. The van der Waals surface area contributed by atoms with Crippen LogP contribution in [0.5, 0.6) is 0 Å². The van der Waals surface area contributed by atoms with Gasteiger partial charge in [0, 0.05) is 0 Å². The number of phosphoric acid groups is 1. The molecule has 0 unspecified atom stereocenters. The van der Waals surface area contributed by atoms with Crippen LogP contribution < -0.4 is 113 Å². The van der Waals surface area contributed by atoms with Gasteiger partial charge in [-0.2, -0.15) is 0 Å². The molecule has 0 amide bonds. The molecule has 0 aromatic rings. The molecule has 0 heterocycles. The van der Waals surface area contributed by atoms with E-state index in [-0.39, 0.29) is 103 Å². The van der Waals surface area contributed by atoms with E-state index in [1.807, 2.05) is 0 Å². The van der Waals surface area contributed by atoms with E-state index in [0.29, 0.717) is 0 Å². The maximum atomic E-state index is 10.8. The molecule has 5 N–H and O–H groups in total. The Bertz CT molecular complexity index is 370. The molecule has 0 saturated carbocycles. The molecule has 0 aliphatic carbocycles. The zero-order valence-electron chi connectivity index (χ0n) is 10.4. The van der Waals surface area contributed by atoms with Crippen molar-refractivity contribution in [3.05, 3.63) is 0 Å². The third-order valence-electron chi connectivity index (χ3n) is 1.69. The number of hydrogen-bond acceptors (Lipinski definition) is 10. The first-order chi connectivity index (χ1) is 7.97. The van der Waals surface area contributed by atoms with Gasteiger partial charge in [-0.05, 0) is 0 Å². The van der Waals surface area contributed by atoms with E-state index in [2.05, 4.69) is 4.52 Å². The van der Waals surface area contributed by atoms with Crippen LogP contribution in [-0.4, -0.2) is 61.9 Å². The number of aliphatic carboxylic acids is 1. The van der Waals surface area contributed by atoms with Crippen LogP contribution in [0.3, 0.4) is 0 Å². The Morgan fingerprint density at radius 1 is 0.950 bits per heavy atom. The summed E-state index contributed by atoms with van der Waals surface area (Å²) in [7, 11) is -5.77. The minimum absolute atomic E-state index is 0. The van der Waals surface area contributed by atoms with E-state index >= 15 is 0 Å². The molecule has 4 atom stereocenters. The maximum absolute atomic E-state index is 10.8. The van der Waals surface area contributed by atoms with Gasteiger partial charge >= 0.3 is 115 Å². The van der Waals surface area contributed by atoms with Crippen molar-refractivity contribution >= 4 is 19.8 Å². The van der Waals surface area contributed by atoms with E-state index < -0.39 is 44.2 Å². The molecule has 0 aromatic carbocycles. The second-order valence-electron chi connectivity index (χ2n) is 3.07. The van der Waals surface area contributed by atoms with Crippen LogP contribution in [-0.2, 0) is 18.7 Å². The number of aliphatic hydroxyl groups is 4. The van der Waals surface area contributed by atoms with E-state index in [1.54, 1.807) is 0 Å². The summed E-state index contributed by atoms with van der Waals surface area (Å²) in [5, 5.41) is 44.0. The summed E-state index contributed by atoms with van der Waals surface area (Å²) in [5.74, 6) is -4.09. The van der Waals surface area contributed by atoms with Gasteiger partial charge in [0.25, 0.3) is 0 Å². The van der Waals surface area contributed by atoms with Crippen LogP contribution >= 0.6 is 7.82 Å². The Morgan fingerprint density at radius 3 is 1.60 bits per heavy atom. The van der Waals surface area contributed by atoms with E-state index in [9.17, 15) is 23.9 Å². The molecule has 0 fully saturated rings. The minimum atomic E-state index is -5.77. The molecular weight excluding hydrogens is 357 g/mol. The quantitative estimate of drug-likeness (QED) is 0.220. The minimum Gasteiger partial charge on any atom is -0.780 e. The zero-order valence-corrected chi connectivity index (χ0v) is 17.6. The van der Waals surface area contributed by atoms with Crippen LogP contribution in [0, 0.1) is 0 Å². The molecule has 0 radical (unpaired) electrons. The number of rotatable bonds is 6. The number of carbonyl (C=O) groups excluding carboxylic acids is 1. The standard InChI is InChI=1S/C6H11O11P.2K/c7-1(3(9)5(11)12)2(8)4(10)6(13)17-18(14,15)16;;/h1-4,7-10H,(H,11,12)(H2,14,15,16);;/q;2*+1/p-2/t1-,2-,3-,4+;;/m0../s1. The Labute approximate surface area is 197 Å². The van der Waals surface area contributed by atoms with Crippen molar-refractivity contribution < 1.29 is 157 Å². The topological polar surface area (TPSA) is 208 Å². The fourth-order valence-corrected chi connectivity index (χ4v) is 1.15. The van der Waals surface area contributed by atoms with E-state index in [1.165, 1.54) is 0 Å². The van der Waals surface area contributed by atoms with Crippen LogP contribution in [0.2, 0.25) is 0 Å². The van der Waals surface area contributed by atoms with Crippen molar-refractivity contribution in [3.8, 4) is 0 Å². The average molecular weight is 366 g/mol. The second kappa shape index (κ2) is 11.7. The zero-order chi connectivity index (χ0) is 14.7. The molecule has 0 aliphatic rings. The second-order valence-corrected chi connectivity index (χ2v) is 4.14. The monoisotopic (exact) mass is 366 g/mol. The summed E-state index contributed by atoms with van der Waals surface area (Å²) < 4.78 is 13.2. The predicted octanol–water partition coefficient (Wildman–Crippen LogP) is -11.1. The molecule has 0 spiro atoms. The van der Waals surface area contributed by atoms with Crippen LogP contribution in [0.15, 0.2) is 0 Å². The van der Waals surface area contributed by atoms with Gasteiger partial charge in [0.1, 0.15) is 20.0 Å². The van der Waals surface area contributed by atoms with Crippen LogP contribution in [0.25, 0.3) is 0 Å². The Kier molecular flexibility index (Phi) is 15.8. The number of phosphoric ester groups is 1. The molecule has 0 aromatic heterocycles. The van der Waals surface area contributed by atoms with Crippen molar-refractivity contribution in [2.75, 3.05) is 0 Å². The number of carboxylic acids is 1. The SMILES string of the molecule is O=C(O)[C@@H](O)[C@@H](O)[C@H](O)[C@@H](O)C(=O)OP(=O)([O-])[O-].[K+].[K+]. The van der Waals surface area contributed by atoms with Crippen molar-refractivity contribution in [1.29, 1.82) is 0 Å². The number of hydrogen-bond donors (Lipinski definition) is 5. The Morgan fingerprint density at radius 2 is 1.30 bits per heavy atom. The van der Waals surface area contributed by atoms with Gasteiger partial charge in [-0.3, -0.25) is 0 Å². The largest absolute Gasteiger partial charge is 1.00 e. The molecular formula is C6H9K2O11P. The molecule has 106 valence electrons. The van der Waals surface area contributed by atoms with E-state index in [4.69, 9.17) is 25.5 Å². The molecule has 0 bridgehead atoms. The third-order valence-corrected chi connectivity index (χ3v) is 2.10. The van der Waals surface area contributed by atoms with Crippen molar-refractivity contribution in [2.45, 2.75) is 24.4 Å². The maximum Gasteiger partial charge on any atom is 1.00 e. The Balaban J connectivity index is -0.00000144. The number of aliphatic hydroxyl groups excluding tert-OH is 4. The van der Waals surface area contributed by atoms with Crippen molar-refractivity contribution in [2.24, 2.45) is 0 Å². The first-order valence-electron chi connectivity index (χ1n) is 4.18. The fraction of sp³-hybridized carbons (Fsp3) is 0.667. The molecule has 14 heteroatoms. The number of carbonyl (C=O) groups is 2. The Hall–Kier alpha value is 2.20. The molecule has 0 rings (SSSR count). The van der Waals surface area contributed by atoms with Gasteiger partial charge in [-0.25, -0.2) is 9.59 Å². The van der Waals surface area contributed by atoms with Crippen LogP contribution in [0.4, 0.5) is 0 Å². The summed E-state index contributed by atoms with van der Waals surface area (Å²) in [6.45, 7) is 0. The molecule has 0 saturated heterocycles. The van der Waals surface area contributed by atoms with Gasteiger partial charge < -0.3 is 44.4 Å². The molecule has 0 aliphatic heterocycles. The summed E-state index contributed by atoms with van der Waals surface area (Å²) in [6, 6.07) is 0. The van der Waals surface area contributed by atoms with Gasteiger partial charge in [0.05, 0.1) is 0 Å². The van der Waals surface area contributed by atoms with Gasteiger partial charge in [-0.1, -0.05) is 0 Å². The first-order valence-corrected chi connectivity index (χ1v) is 5.64. The van der Waals surface area contributed by atoms with Gasteiger partial charge in [0.2, 0.25) is 0 Å². The van der Waals surface area contributed by atoms with Crippen LogP contribution in [0.1, 0.15) is 0 Å². The fourth-order valence-electron chi connectivity index (χ4n) is 0.823. The normalized spacial score (nSPS) is 16.7. The summed E-state index contributed by atoms with van der Waals surface area (Å²) in [4.78, 5) is 41.0. The molecule has 20 heavy (non-hydrogen) atoms. The molecule has 11 nitrogen and oxygen atoms in total. The smallest absolute Gasteiger partial charge is 0.780 e. The average Bonchev–Trinajstić information content (AvgIpc) is 2.22. The van der Waals surface area contributed by atoms with E-state index in [0.717, 1.165) is 0 Å². The van der Waals surface area contributed by atoms with Gasteiger partial charge in [0.15, 0.2) is 12.2 Å². The summed E-state index contributed by atoms with van der Waals surface area (Å²) in [6.07, 6.45) is -10.4. The predicted molar refractivity (Wildman–Crippen MR) is 45.4 cm³/mol. The van der Waals surface area contributed by atoms with Gasteiger partial charge in [-0.15, -0.1) is 0 Å². The summed E-state index contributed by atoms with van der Waals surface area (Å²) in [5.41, 5.74) is 0. The van der Waals surface area contributed by atoms with Crippen molar-refractivity contribution in [1.82, 2.24) is 0 Å². The first kappa shape index (κ1) is 27.1. The summed E-state index contributed by atoms with van der Waals surface area (Å²) >= 11 is 0.